The van der Waals surface area contributed by atoms with Gasteiger partial charge in [0.25, 0.3) is 0 Å². The molecule has 0 aromatic carbocycles. The molecule has 0 radical (unpaired) electrons. The maximum Gasteiger partial charge on any atom is 0.223 e. The van der Waals surface area contributed by atoms with E-state index in [0.717, 1.165) is 27.2 Å². The Labute approximate surface area is 131 Å². The molecule has 0 saturated carbocycles. The molecule has 1 aliphatic heterocycles. The predicted octanol–water partition coefficient (Wildman–Crippen LogP) is 3.91. The average Bonchev–Trinajstić information content (AvgIpc) is 2.79. The fraction of sp³-hybridized carbons (Fsp3) is 0.357. The van der Waals surface area contributed by atoms with Crippen LogP contribution in [0.2, 0.25) is 5.28 Å². The number of aliphatic imine (C=N–C) groups is 1. The Morgan fingerprint density at radius 3 is 2.90 bits per heavy atom. The normalized spacial score (nSPS) is 13.9. The van der Waals surface area contributed by atoms with Gasteiger partial charge in [0.15, 0.2) is 5.82 Å². The number of hydrogen-bond donors (Lipinski definition) is 0. The van der Waals surface area contributed by atoms with E-state index in [9.17, 15) is 4.39 Å². The van der Waals surface area contributed by atoms with Gasteiger partial charge in [-0.15, -0.1) is 11.3 Å². The van der Waals surface area contributed by atoms with Crippen molar-refractivity contribution in [2.45, 2.75) is 26.8 Å². The molecule has 0 fully saturated rings. The van der Waals surface area contributed by atoms with Crippen molar-refractivity contribution in [3.8, 4) is 10.6 Å². The predicted molar refractivity (Wildman–Crippen MR) is 85.1 cm³/mol. The Balaban J connectivity index is 2.18. The maximum atomic E-state index is 14.0. The Morgan fingerprint density at radius 1 is 1.43 bits per heavy atom. The maximum absolute atomic E-state index is 14.0. The number of halogens is 2. The molecule has 2 aromatic heterocycles. The van der Waals surface area contributed by atoms with Crippen LogP contribution in [-0.4, -0.2) is 28.9 Å². The van der Waals surface area contributed by atoms with Crippen LogP contribution in [0, 0.1) is 12.7 Å². The van der Waals surface area contributed by atoms with Crippen LogP contribution < -0.4 is 4.90 Å². The van der Waals surface area contributed by atoms with Crippen molar-refractivity contribution in [3.05, 3.63) is 28.4 Å². The van der Waals surface area contributed by atoms with Crippen LogP contribution in [-0.2, 0) is 0 Å². The van der Waals surface area contributed by atoms with Crippen LogP contribution in [0.25, 0.3) is 10.6 Å². The highest BCUT2D eigenvalue weighted by Gasteiger charge is 2.25. The zero-order chi connectivity index (χ0) is 15.1. The summed E-state index contributed by atoms with van der Waals surface area (Å²) >= 11 is 7.32. The molecule has 0 bridgehead atoms. The van der Waals surface area contributed by atoms with Gasteiger partial charge < -0.3 is 4.90 Å². The van der Waals surface area contributed by atoms with Crippen LogP contribution in [0.1, 0.15) is 25.0 Å². The van der Waals surface area contributed by atoms with Gasteiger partial charge in [0.1, 0.15) is 17.4 Å². The topological polar surface area (TPSA) is 41.4 Å². The first-order valence-corrected chi connectivity index (χ1v) is 7.76. The Morgan fingerprint density at radius 2 is 2.19 bits per heavy atom. The van der Waals surface area contributed by atoms with Crippen molar-refractivity contribution in [2.24, 2.45) is 4.99 Å². The average molecular weight is 325 g/mol. The molecular formula is C14H14ClFN4S. The first kappa shape index (κ1) is 14.4. The van der Waals surface area contributed by atoms with E-state index in [0.29, 0.717) is 12.7 Å². The van der Waals surface area contributed by atoms with Gasteiger partial charge in [0, 0.05) is 17.8 Å². The molecule has 0 aliphatic carbocycles. The minimum atomic E-state index is -0.464. The van der Waals surface area contributed by atoms with E-state index in [-0.39, 0.29) is 11.0 Å². The number of nitrogens with zero attached hydrogens (tertiary/aromatic N) is 4. The van der Waals surface area contributed by atoms with Gasteiger partial charge in [-0.1, -0.05) is 0 Å². The van der Waals surface area contributed by atoms with Crippen LogP contribution in [0.3, 0.4) is 0 Å². The summed E-state index contributed by atoms with van der Waals surface area (Å²) in [6.45, 7) is 6.80. The van der Waals surface area contributed by atoms with Gasteiger partial charge in [-0.2, -0.15) is 0 Å². The molecule has 3 rings (SSSR count). The lowest BCUT2D eigenvalue weighted by molar-refractivity contribution is 0.618. The summed E-state index contributed by atoms with van der Waals surface area (Å²) in [5, 5.41) is 1.15. The fourth-order valence-electron chi connectivity index (χ4n) is 2.29. The molecule has 1 aliphatic rings. The van der Waals surface area contributed by atoms with Crippen molar-refractivity contribution >= 4 is 34.2 Å². The summed E-state index contributed by atoms with van der Waals surface area (Å²) in [6.07, 6.45) is 2.96. The molecule has 21 heavy (non-hydrogen) atoms. The SMILES string of the molecule is Cc1c(-c2nc(Cl)ncc2F)sc2c1C=NCN2C(C)C. The second-order valence-electron chi connectivity index (χ2n) is 5.13. The highest BCUT2D eigenvalue weighted by Crippen LogP contribution is 2.42. The fourth-order valence-corrected chi connectivity index (χ4v) is 3.82. The minimum Gasteiger partial charge on any atom is -0.341 e. The molecule has 7 heteroatoms. The van der Waals surface area contributed by atoms with Gasteiger partial charge in [0.05, 0.1) is 11.1 Å². The molecule has 110 valence electrons. The number of anilines is 1. The zero-order valence-electron chi connectivity index (χ0n) is 11.9. The molecule has 3 heterocycles. The van der Waals surface area contributed by atoms with Crippen molar-refractivity contribution in [2.75, 3.05) is 11.6 Å². The number of fused-ring (bicyclic) bond motifs is 1. The van der Waals surface area contributed by atoms with Gasteiger partial charge >= 0.3 is 0 Å². The van der Waals surface area contributed by atoms with Crippen LogP contribution in [0.5, 0.6) is 0 Å². The van der Waals surface area contributed by atoms with Gasteiger partial charge in [-0.3, -0.25) is 4.99 Å². The molecule has 0 saturated heterocycles. The summed E-state index contributed by atoms with van der Waals surface area (Å²) in [6, 6.07) is 0.325. The second kappa shape index (κ2) is 5.35. The molecule has 0 amide bonds. The zero-order valence-corrected chi connectivity index (χ0v) is 13.5. The van der Waals surface area contributed by atoms with Crippen molar-refractivity contribution in [1.29, 1.82) is 0 Å². The standard InChI is InChI=1S/C14H14ClFN4S/c1-7(2)20-6-17-4-9-8(3)12(21-13(9)20)11-10(16)5-18-14(15)19-11/h4-5,7H,6H2,1-3H3. The summed E-state index contributed by atoms with van der Waals surface area (Å²) in [7, 11) is 0. The lowest BCUT2D eigenvalue weighted by Gasteiger charge is -2.28. The molecule has 0 atom stereocenters. The Kier molecular flexibility index (Phi) is 3.67. The molecule has 0 unspecified atom stereocenters. The molecule has 4 nitrogen and oxygen atoms in total. The van der Waals surface area contributed by atoms with E-state index in [1.807, 2.05) is 13.1 Å². The molecular weight excluding hydrogens is 311 g/mol. The minimum absolute atomic E-state index is 0.0477. The molecule has 0 spiro atoms. The van der Waals surface area contributed by atoms with E-state index in [2.05, 4.69) is 33.7 Å². The third-order valence-electron chi connectivity index (χ3n) is 3.44. The van der Waals surface area contributed by atoms with E-state index < -0.39 is 5.82 Å². The smallest absolute Gasteiger partial charge is 0.223 e. The summed E-state index contributed by atoms with van der Waals surface area (Å²) in [5.74, 6) is -0.464. The van der Waals surface area contributed by atoms with Crippen molar-refractivity contribution in [3.63, 3.8) is 0 Å². The summed E-state index contributed by atoms with van der Waals surface area (Å²) < 4.78 is 14.0. The Bertz CT molecular complexity index is 726. The highest BCUT2D eigenvalue weighted by molar-refractivity contribution is 7.20. The largest absolute Gasteiger partial charge is 0.341 e. The van der Waals surface area contributed by atoms with Crippen LogP contribution in [0.4, 0.5) is 9.39 Å². The number of hydrogen-bond acceptors (Lipinski definition) is 5. The van der Waals surface area contributed by atoms with E-state index >= 15 is 0 Å². The number of aromatic nitrogens is 2. The van der Waals surface area contributed by atoms with Gasteiger partial charge in [-0.25, -0.2) is 14.4 Å². The molecule has 0 N–H and O–H groups in total. The quantitative estimate of drug-likeness (QED) is 0.786. The van der Waals surface area contributed by atoms with Gasteiger partial charge in [0.2, 0.25) is 5.28 Å². The monoisotopic (exact) mass is 324 g/mol. The van der Waals surface area contributed by atoms with Crippen LogP contribution >= 0.6 is 22.9 Å². The summed E-state index contributed by atoms with van der Waals surface area (Å²) in [5.41, 5.74) is 2.26. The van der Waals surface area contributed by atoms with E-state index in [1.54, 1.807) is 0 Å². The summed E-state index contributed by atoms with van der Waals surface area (Å²) in [4.78, 5) is 15.1. The second-order valence-corrected chi connectivity index (χ2v) is 6.46. The first-order valence-electron chi connectivity index (χ1n) is 6.57. The van der Waals surface area contributed by atoms with E-state index in [4.69, 9.17) is 11.6 Å². The first-order chi connectivity index (χ1) is 9.99. The van der Waals surface area contributed by atoms with E-state index in [1.165, 1.54) is 11.3 Å². The number of rotatable bonds is 2. The highest BCUT2D eigenvalue weighted by atomic mass is 35.5. The number of thiophene rings is 1. The Hall–Kier alpha value is -1.53. The van der Waals surface area contributed by atoms with Crippen LogP contribution in [0.15, 0.2) is 11.2 Å². The van der Waals surface area contributed by atoms with Crippen molar-refractivity contribution < 1.29 is 4.39 Å². The van der Waals surface area contributed by atoms with Gasteiger partial charge in [-0.05, 0) is 37.9 Å². The third-order valence-corrected chi connectivity index (χ3v) is 4.98. The third kappa shape index (κ3) is 2.42. The molecule has 2 aromatic rings. The lowest BCUT2D eigenvalue weighted by Crippen LogP contribution is -2.32. The lowest BCUT2D eigenvalue weighted by atomic mass is 10.1. The van der Waals surface area contributed by atoms with Crippen molar-refractivity contribution in [1.82, 2.24) is 9.97 Å².